The minimum absolute atomic E-state index is 0.103. The lowest BCUT2D eigenvalue weighted by atomic mass is 10.2. The van der Waals surface area contributed by atoms with Gasteiger partial charge in [-0.15, -0.1) is 0 Å². The summed E-state index contributed by atoms with van der Waals surface area (Å²) in [5.74, 6) is -0.209. The van der Waals surface area contributed by atoms with E-state index in [4.69, 9.17) is 9.84 Å². The number of amides is 1. The second kappa shape index (κ2) is 4.46. The Labute approximate surface area is 126 Å². The smallest absolute Gasteiger partial charge is 0.307 e. The Balaban J connectivity index is 1.56. The normalized spacial score (nSPS) is 26.0. The van der Waals surface area contributed by atoms with Crippen molar-refractivity contribution in [1.29, 1.82) is 0 Å². The van der Waals surface area contributed by atoms with Gasteiger partial charge in [0, 0.05) is 25.4 Å². The topological polar surface area (TPSA) is 84.1 Å². The predicted octanol–water partition coefficient (Wildman–Crippen LogP) is 0.745. The van der Waals surface area contributed by atoms with Gasteiger partial charge in [0.05, 0.1) is 19.2 Å². The third-order valence-electron chi connectivity index (χ3n) is 4.71. The van der Waals surface area contributed by atoms with Crippen molar-refractivity contribution in [2.24, 2.45) is 17.8 Å². The van der Waals surface area contributed by atoms with E-state index in [2.05, 4.69) is 4.98 Å². The van der Waals surface area contributed by atoms with E-state index in [0.29, 0.717) is 30.2 Å². The van der Waals surface area contributed by atoms with Gasteiger partial charge in [-0.25, -0.2) is 4.98 Å². The molecule has 4 rings (SSSR count). The molecular formula is C15H15N3O4. The number of imidazole rings is 1. The SMILES string of the molecule is COc1ccn2c(C(=O)N3C[C@@H]4C(C(=O)O)[C@@H]4C3)cnc2c1. The maximum Gasteiger partial charge on any atom is 0.307 e. The summed E-state index contributed by atoms with van der Waals surface area (Å²) in [7, 11) is 1.58. The number of nitrogens with zero attached hydrogens (tertiary/aromatic N) is 3. The van der Waals surface area contributed by atoms with Crippen molar-refractivity contribution in [3.05, 3.63) is 30.2 Å². The van der Waals surface area contributed by atoms with Crippen LogP contribution < -0.4 is 4.74 Å². The van der Waals surface area contributed by atoms with Gasteiger partial charge in [-0.1, -0.05) is 0 Å². The maximum atomic E-state index is 12.6. The molecule has 2 fully saturated rings. The molecule has 1 unspecified atom stereocenters. The van der Waals surface area contributed by atoms with Crippen molar-refractivity contribution < 1.29 is 19.4 Å². The average Bonchev–Trinajstić information content (AvgIpc) is 2.89. The summed E-state index contributed by atoms with van der Waals surface area (Å²) in [6.45, 7) is 1.04. The van der Waals surface area contributed by atoms with Gasteiger partial charge in [-0.2, -0.15) is 0 Å². The molecule has 2 aromatic heterocycles. The highest BCUT2D eigenvalue weighted by atomic mass is 16.5. The number of likely N-dealkylation sites (tertiary alicyclic amines) is 1. The molecular weight excluding hydrogens is 286 g/mol. The standard InChI is InChI=1S/C15H15N3O4/c1-22-8-2-3-18-11(5-16-12(18)4-8)14(19)17-6-9-10(7-17)13(9)15(20)21/h2-5,9-10,13H,6-7H2,1H3,(H,20,21)/t9-,10+,13?. The Hall–Kier alpha value is -2.57. The highest BCUT2D eigenvalue weighted by Gasteiger charge is 2.60. The van der Waals surface area contributed by atoms with Crippen molar-refractivity contribution in [3.63, 3.8) is 0 Å². The van der Waals surface area contributed by atoms with Crippen LogP contribution in [-0.4, -0.2) is 51.5 Å². The van der Waals surface area contributed by atoms with E-state index < -0.39 is 5.97 Å². The second-order valence-electron chi connectivity index (χ2n) is 5.84. The van der Waals surface area contributed by atoms with Crippen LogP contribution in [0.25, 0.3) is 5.65 Å². The lowest BCUT2D eigenvalue weighted by Crippen LogP contribution is -2.33. The third kappa shape index (κ3) is 1.78. The number of carboxylic acids is 1. The minimum atomic E-state index is -0.746. The molecule has 0 spiro atoms. The van der Waals surface area contributed by atoms with Crippen molar-refractivity contribution in [3.8, 4) is 5.75 Å². The molecule has 3 heterocycles. The molecule has 7 heteroatoms. The zero-order valence-corrected chi connectivity index (χ0v) is 12.0. The van der Waals surface area contributed by atoms with Gasteiger partial charge in [-0.05, 0) is 17.9 Å². The summed E-state index contributed by atoms with van der Waals surface area (Å²) < 4.78 is 6.87. The molecule has 0 radical (unpaired) electrons. The molecule has 1 saturated heterocycles. The lowest BCUT2D eigenvalue weighted by molar-refractivity contribution is -0.139. The number of hydrogen-bond acceptors (Lipinski definition) is 4. The molecule has 1 amide bonds. The maximum absolute atomic E-state index is 12.6. The summed E-state index contributed by atoms with van der Waals surface area (Å²) >= 11 is 0. The summed E-state index contributed by atoms with van der Waals surface area (Å²) in [5, 5.41) is 9.03. The molecule has 1 N–H and O–H groups in total. The van der Waals surface area contributed by atoms with Crippen LogP contribution in [0.1, 0.15) is 10.5 Å². The third-order valence-corrected chi connectivity index (χ3v) is 4.71. The van der Waals surface area contributed by atoms with Gasteiger partial charge in [0.15, 0.2) is 0 Å². The predicted molar refractivity (Wildman–Crippen MR) is 75.8 cm³/mol. The van der Waals surface area contributed by atoms with E-state index in [1.807, 2.05) is 0 Å². The highest BCUT2D eigenvalue weighted by Crippen LogP contribution is 2.51. The molecule has 0 aromatic carbocycles. The zero-order chi connectivity index (χ0) is 15.4. The Kier molecular flexibility index (Phi) is 2.66. The Morgan fingerprint density at radius 1 is 1.36 bits per heavy atom. The zero-order valence-electron chi connectivity index (χ0n) is 12.0. The second-order valence-corrected chi connectivity index (χ2v) is 5.84. The Bertz CT molecular complexity index is 772. The van der Waals surface area contributed by atoms with E-state index in [1.54, 1.807) is 40.9 Å². The molecule has 114 valence electrons. The Morgan fingerprint density at radius 2 is 2.09 bits per heavy atom. The van der Waals surface area contributed by atoms with Crippen molar-refractivity contribution in [2.45, 2.75) is 0 Å². The number of methoxy groups -OCH3 is 1. The first-order valence-electron chi connectivity index (χ1n) is 7.13. The van der Waals surface area contributed by atoms with Crippen LogP contribution in [0.15, 0.2) is 24.5 Å². The molecule has 22 heavy (non-hydrogen) atoms. The average molecular weight is 301 g/mol. The number of ether oxygens (including phenoxy) is 1. The molecule has 2 aliphatic rings. The van der Waals surface area contributed by atoms with Gasteiger partial charge in [0.1, 0.15) is 17.1 Å². The van der Waals surface area contributed by atoms with Crippen LogP contribution in [0.2, 0.25) is 0 Å². The van der Waals surface area contributed by atoms with Gasteiger partial charge in [-0.3, -0.25) is 14.0 Å². The quantitative estimate of drug-likeness (QED) is 0.904. The van der Waals surface area contributed by atoms with Crippen LogP contribution in [-0.2, 0) is 4.79 Å². The number of pyridine rings is 1. The summed E-state index contributed by atoms with van der Waals surface area (Å²) in [4.78, 5) is 29.6. The van der Waals surface area contributed by atoms with Crippen LogP contribution in [0.3, 0.4) is 0 Å². The molecule has 1 saturated carbocycles. The number of carbonyl (C=O) groups excluding carboxylic acids is 1. The van der Waals surface area contributed by atoms with Gasteiger partial charge >= 0.3 is 5.97 Å². The first kappa shape index (κ1) is 13.1. The highest BCUT2D eigenvalue weighted by molar-refractivity contribution is 5.94. The first-order valence-corrected chi connectivity index (χ1v) is 7.13. The fourth-order valence-electron chi connectivity index (χ4n) is 3.47. The fourth-order valence-corrected chi connectivity index (χ4v) is 3.47. The van der Waals surface area contributed by atoms with E-state index in [-0.39, 0.29) is 23.7 Å². The Morgan fingerprint density at radius 3 is 2.73 bits per heavy atom. The van der Waals surface area contributed by atoms with E-state index in [1.165, 1.54) is 0 Å². The van der Waals surface area contributed by atoms with E-state index >= 15 is 0 Å². The number of carbonyl (C=O) groups is 2. The number of piperidine rings is 1. The molecule has 1 aliphatic carbocycles. The van der Waals surface area contributed by atoms with Crippen molar-refractivity contribution in [2.75, 3.05) is 20.2 Å². The summed E-state index contributed by atoms with van der Waals surface area (Å²) in [5.41, 5.74) is 1.14. The number of hydrogen-bond donors (Lipinski definition) is 1. The number of carboxylic acid groups (broad SMARTS) is 1. The molecule has 0 bridgehead atoms. The van der Waals surface area contributed by atoms with Crippen molar-refractivity contribution in [1.82, 2.24) is 14.3 Å². The monoisotopic (exact) mass is 301 g/mol. The van der Waals surface area contributed by atoms with Crippen LogP contribution >= 0.6 is 0 Å². The van der Waals surface area contributed by atoms with Gasteiger partial charge in [0.2, 0.25) is 0 Å². The fraction of sp³-hybridized carbons (Fsp3) is 0.400. The molecule has 1 aliphatic heterocycles. The van der Waals surface area contributed by atoms with Gasteiger partial charge < -0.3 is 14.7 Å². The van der Waals surface area contributed by atoms with Crippen molar-refractivity contribution >= 4 is 17.5 Å². The number of rotatable bonds is 3. The lowest BCUT2D eigenvalue weighted by Gasteiger charge is -2.18. The first-order chi connectivity index (χ1) is 10.6. The summed E-state index contributed by atoms with van der Waals surface area (Å²) in [6.07, 6.45) is 3.31. The minimum Gasteiger partial charge on any atom is -0.497 e. The van der Waals surface area contributed by atoms with E-state index in [9.17, 15) is 9.59 Å². The largest absolute Gasteiger partial charge is 0.497 e. The molecule has 3 atom stereocenters. The molecule has 7 nitrogen and oxygen atoms in total. The van der Waals surface area contributed by atoms with Crippen LogP contribution in [0.5, 0.6) is 5.75 Å². The van der Waals surface area contributed by atoms with Crippen LogP contribution in [0, 0.1) is 17.8 Å². The van der Waals surface area contributed by atoms with Crippen LogP contribution in [0.4, 0.5) is 0 Å². The number of aliphatic carboxylic acids is 1. The van der Waals surface area contributed by atoms with E-state index in [0.717, 1.165) is 0 Å². The van der Waals surface area contributed by atoms with Gasteiger partial charge in [0.25, 0.3) is 5.91 Å². The number of fused-ring (bicyclic) bond motifs is 2. The summed E-state index contributed by atoms with van der Waals surface area (Å²) in [6, 6.07) is 3.53. The number of aromatic nitrogens is 2. The molecule has 2 aromatic rings.